The lowest BCUT2D eigenvalue weighted by molar-refractivity contribution is 0.339. The Morgan fingerprint density at radius 1 is 1.40 bits per heavy atom. The van der Waals surface area contributed by atoms with Gasteiger partial charge in [-0.3, -0.25) is 0 Å². The fourth-order valence-corrected chi connectivity index (χ4v) is 8.05. The quantitative estimate of drug-likeness (QED) is 0.504. The molecule has 0 aliphatic carbocycles. The van der Waals surface area contributed by atoms with Gasteiger partial charge in [0.25, 0.3) is 4.20 Å². The molecule has 1 aromatic rings. The summed E-state index contributed by atoms with van der Waals surface area (Å²) in [6.07, 6.45) is 2.19. The van der Waals surface area contributed by atoms with Crippen LogP contribution in [0.4, 0.5) is 5.69 Å². The maximum Gasteiger partial charge on any atom is 0.253 e. The van der Waals surface area contributed by atoms with Crippen molar-refractivity contribution in [3.63, 3.8) is 0 Å². The Balaban J connectivity index is 2.10. The Hall–Kier alpha value is -0.390. The van der Waals surface area contributed by atoms with Gasteiger partial charge in [-0.2, -0.15) is 0 Å². The van der Waals surface area contributed by atoms with Crippen LogP contribution in [0.2, 0.25) is 0 Å². The number of hydrogen-bond donors (Lipinski definition) is 1. The first kappa shape index (κ1) is 14.5. The standard InChI is InChI=1S/C15H20NOS3/c1-5-17-9-6-7-11-10(8-9)12-13(15(2,3)16-11)19-20-14(12)18-4/h6-8,12-13,16H,5H2,1-4H3/q+1/t12-,13-/m0/s1. The van der Waals surface area contributed by atoms with E-state index in [2.05, 4.69) is 43.6 Å². The van der Waals surface area contributed by atoms with E-state index in [0.29, 0.717) is 17.8 Å². The van der Waals surface area contributed by atoms with E-state index in [1.807, 2.05) is 39.9 Å². The maximum atomic E-state index is 5.68. The van der Waals surface area contributed by atoms with Crippen LogP contribution in [0.3, 0.4) is 0 Å². The normalized spacial score (nSPS) is 28.7. The molecular weight excluding hydrogens is 306 g/mol. The molecule has 1 fully saturated rings. The smallest absolute Gasteiger partial charge is 0.253 e. The topological polar surface area (TPSA) is 21.3 Å². The molecule has 0 amide bonds. The maximum absolute atomic E-state index is 5.68. The molecule has 0 aromatic heterocycles. The Kier molecular flexibility index (Phi) is 3.95. The first-order valence-corrected chi connectivity index (χ1v) is 10.3. The highest BCUT2D eigenvalue weighted by molar-refractivity contribution is 8.84. The fourth-order valence-electron chi connectivity index (χ4n) is 2.90. The van der Waals surface area contributed by atoms with Gasteiger partial charge in [0.2, 0.25) is 0 Å². The lowest BCUT2D eigenvalue weighted by Gasteiger charge is -2.41. The van der Waals surface area contributed by atoms with E-state index in [-0.39, 0.29) is 5.54 Å². The third-order valence-corrected chi connectivity index (χ3v) is 8.58. The lowest BCUT2D eigenvalue weighted by Crippen LogP contribution is -2.48. The lowest BCUT2D eigenvalue weighted by atomic mass is 9.81. The largest absolute Gasteiger partial charge is 0.494 e. The van der Waals surface area contributed by atoms with Gasteiger partial charge in [0, 0.05) is 22.0 Å². The van der Waals surface area contributed by atoms with Gasteiger partial charge in [0.1, 0.15) is 5.75 Å². The van der Waals surface area contributed by atoms with Gasteiger partial charge in [-0.1, -0.05) is 10.8 Å². The van der Waals surface area contributed by atoms with Gasteiger partial charge in [-0.25, -0.2) is 0 Å². The van der Waals surface area contributed by atoms with Crippen molar-refractivity contribution in [3.05, 3.63) is 23.8 Å². The highest BCUT2D eigenvalue weighted by Gasteiger charge is 2.52. The number of hydrogen-bond acceptors (Lipinski definition) is 4. The van der Waals surface area contributed by atoms with E-state index in [9.17, 15) is 0 Å². The summed E-state index contributed by atoms with van der Waals surface area (Å²) in [6, 6.07) is 6.46. The molecule has 0 spiro atoms. The second-order valence-electron chi connectivity index (χ2n) is 5.63. The second-order valence-corrected chi connectivity index (χ2v) is 9.12. The average molecular weight is 327 g/mol. The van der Waals surface area contributed by atoms with Crippen molar-refractivity contribution in [3.8, 4) is 5.75 Å². The minimum absolute atomic E-state index is 0.111. The number of rotatable bonds is 2. The number of ether oxygens (including phenoxy) is 1. The summed E-state index contributed by atoms with van der Waals surface area (Å²) in [7, 11) is 3.95. The first-order valence-electron chi connectivity index (χ1n) is 6.86. The summed E-state index contributed by atoms with van der Waals surface area (Å²) in [4.78, 5) is 0. The van der Waals surface area contributed by atoms with Crippen LogP contribution < -0.4 is 10.1 Å². The summed E-state index contributed by atoms with van der Waals surface area (Å²) in [6.45, 7) is 7.36. The van der Waals surface area contributed by atoms with Gasteiger partial charge in [-0.15, -0.1) is 0 Å². The van der Waals surface area contributed by atoms with E-state index >= 15 is 0 Å². The molecule has 20 heavy (non-hydrogen) atoms. The molecule has 2 aliphatic rings. The van der Waals surface area contributed by atoms with Gasteiger partial charge in [0.15, 0.2) is 17.6 Å². The average Bonchev–Trinajstić information content (AvgIpc) is 2.85. The van der Waals surface area contributed by atoms with Gasteiger partial charge in [-0.05, 0) is 44.5 Å². The zero-order valence-corrected chi connectivity index (χ0v) is 14.7. The highest BCUT2D eigenvalue weighted by Crippen LogP contribution is 2.57. The molecule has 0 bridgehead atoms. The molecule has 0 radical (unpaired) electrons. The van der Waals surface area contributed by atoms with Gasteiger partial charge >= 0.3 is 0 Å². The molecule has 2 atom stereocenters. The Morgan fingerprint density at radius 2 is 2.20 bits per heavy atom. The van der Waals surface area contributed by atoms with Gasteiger partial charge in [0.05, 0.1) is 17.8 Å². The fraction of sp³-hybridized carbons (Fsp3) is 0.533. The highest BCUT2D eigenvalue weighted by atomic mass is 33.1. The van der Waals surface area contributed by atoms with E-state index in [1.165, 1.54) is 15.4 Å². The first-order chi connectivity index (χ1) is 9.56. The Morgan fingerprint density at radius 3 is 2.90 bits per heavy atom. The molecule has 2 aliphatic heterocycles. The van der Waals surface area contributed by atoms with Crippen molar-refractivity contribution in [2.24, 2.45) is 0 Å². The van der Waals surface area contributed by atoms with Crippen molar-refractivity contribution >= 4 is 42.8 Å². The van der Waals surface area contributed by atoms with Crippen molar-refractivity contribution < 1.29 is 4.74 Å². The third kappa shape index (κ3) is 2.34. The molecule has 2 nitrogen and oxygen atoms in total. The molecule has 1 aromatic carbocycles. The number of fused-ring (bicyclic) bond motifs is 3. The van der Waals surface area contributed by atoms with Gasteiger partial charge < -0.3 is 10.1 Å². The van der Waals surface area contributed by atoms with Crippen molar-refractivity contribution in [2.75, 3.05) is 18.2 Å². The van der Waals surface area contributed by atoms with Crippen molar-refractivity contribution in [2.45, 2.75) is 37.5 Å². The number of benzene rings is 1. The second kappa shape index (κ2) is 5.43. The Labute approximate surface area is 132 Å². The molecule has 2 heterocycles. The van der Waals surface area contributed by atoms with E-state index in [0.717, 1.165) is 5.75 Å². The molecule has 3 rings (SSSR count). The van der Waals surface area contributed by atoms with Crippen LogP contribution in [0.5, 0.6) is 5.75 Å². The van der Waals surface area contributed by atoms with E-state index < -0.39 is 0 Å². The van der Waals surface area contributed by atoms with Crippen LogP contribution in [0.1, 0.15) is 32.3 Å². The molecule has 0 saturated carbocycles. The van der Waals surface area contributed by atoms with Crippen LogP contribution >= 0.6 is 21.6 Å². The van der Waals surface area contributed by atoms with Crippen LogP contribution in [0.15, 0.2) is 18.2 Å². The zero-order chi connectivity index (χ0) is 14.3. The van der Waals surface area contributed by atoms with Crippen molar-refractivity contribution in [1.29, 1.82) is 0 Å². The molecule has 108 valence electrons. The van der Waals surface area contributed by atoms with E-state index in [1.54, 1.807) is 0 Å². The summed E-state index contributed by atoms with van der Waals surface area (Å²) < 4.78 is 7.20. The van der Waals surface area contributed by atoms with Crippen LogP contribution in [-0.2, 0) is 11.4 Å². The Bertz CT molecular complexity index is 556. The minimum atomic E-state index is 0.111. The summed E-state index contributed by atoms with van der Waals surface area (Å²) in [5.74, 6) is 1.49. The summed E-state index contributed by atoms with van der Waals surface area (Å²) in [5, 5.41) is 4.28. The third-order valence-electron chi connectivity index (χ3n) is 3.83. The van der Waals surface area contributed by atoms with Crippen LogP contribution in [-0.4, -0.2) is 27.8 Å². The van der Waals surface area contributed by atoms with Crippen LogP contribution in [0.25, 0.3) is 0 Å². The van der Waals surface area contributed by atoms with Crippen molar-refractivity contribution in [1.82, 2.24) is 0 Å². The molecule has 1 saturated heterocycles. The zero-order valence-electron chi connectivity index (χ0n) is 12.2. The van der Waals surface area contributed by atoms with E-state index in [4.69, 9.17) is 4.74 Å². The molecular formula is C15H20NOS3+. The molecule has 5 heteroatoms. The predicted octanol–water partition coefficient (Wildman–Crippen LogP) is 3.98. The molecule has 0 unspecified atom stereocenters. The SMILES string of the molecule is CCOc1ccc2c(c1)[C@@H]1C(=[S+]C)SS[C@@H]1C(C)(C)N2. The monoisotopic (exact) mass is 326 g/mol. The minimum Gasteiger partial charge on any atom is -0.494 e. The summed E-state index contributed by atoms with van der Waals surface area (Å²) >= 11 is 1.89. The molecule has 1 N–H and O–H groups in total. The summed E-state index contributed by atoms with van der Waals surface area (Å²) in [5.41, 5.74) is 2.76. The number of anilines is 1. The number of nitrogens with one attached hydrogen (secondary N) is 1. The predicted molar refractivity (Wildman–Crippen MR) is 95.3 cm³/mol. The van der Waals surface area contributed by atoms with Crippen LogP contribution in [0, 0.1) is 0 Å².